The van der Waals surface area contributed by atoms with Crippen molar-refractivity contribution in [1.29, 1.82) is 0 Å². The molecule has 0 radical (unpaired) electrons. The average Bonchev–Trinajstić information content (AvgIpc) is 2.34. The summed E-state index contributed by atoms with van der Waals surface area (Å²) < 4.78 is 0. The van der Waals surface area contributed by atoms with Crippen LogP contribution in [0.15, 0.2) is 36.4 Å². The molecule has 2 nitrogen and oxygen atoms in total. The highest BCUT2D eigenvalue weighted by Gasteiger charge is 2.07. The third-order valence-corrected chi connectivity index (χ3v) is 3.57. The minimum Gasteiger partial charge on any atom is -0.399 e. The van der Waals surface area contributed by atoms with E-state index in [2.05, 4.69) is 57.0 Å². The first-order valence-electron chi connectivity index (χ1n) is 6.61. The van der Waals surface area contributed by atoms with Crippen LogP contribution in [0.1, 0.15) is 22.3 Å². The maximum atomic E-state index is 5.73. The molecule has 0 atom stereocenters. The van der Waals surface area contributed by atoms with Crippen molar-refractivity contribution in [3.8, 4) is 0 Å². The topological polar surface area (TPSA) is 29.3 Å². The Balaban J connectivity index is 2.24. The molecule has 0 aliphatic rings. The second-order valence-electron chi connectivity index (χ2n) is 5.32. The van der Waals surface area contributed by atoms with Gasteiger partial charge in [0.15, 0.2) is 0 Å². The van der Waals surface area contributed by atoms with Crippen molar-refractivity contribution in [2.45, 2.75) is 27.3 Å². The summed E-state index contributed by atoms with van der Waals surface area (Å²) in [6.07, 6.45) is 0. The molecule has 0 aliphatic heterocycles. The molecule has 100 valence electrons. The lowest BCUT2D eigenvalue weighted by molar-refractivity contribution is 0.904. The molecule has 0 fully saturated rings. The van der Waals surface area contributed by atoms with E-state index in [4.69, 9.17) is 5.73 Å². The number of nitrogens with two attached hydrogens (primary N) is 1. The fraction of sp³-hybridized carbons (Fsp3) is 0.294. The lowest BCUT2D eigenvalue weighted by Gasteiger charge is -2.22. The summed E-state index contributed by atoms with van der Waals surface area (Å²) in [6.45, 7) is 7.44. The summed E-state index contributed by atoms with van der Waals surface area (Å²) >= 11 is 0. The summed E-state index contributed by atoms with van der Waals surface area (Å²) in [5, 5.41) is 0. The maximum absolute atomic E-state index is 5.73. The van der Waals surface area contributed by atoms with E-state index in [-0.39, 0.29) is 0 Å². The number of benzene rings is 2. The van der Waals surface area contributed by atoms with Gasteiger partial charge in [0.25, 0.3) is 0 Å². The third kappa shape index (κ3) is 3.08. The van der Waals surface area contributed by atoms with E-state index in [0.717, 1.165) is 12.2 Å². The highest BCUT2D eigenvalue weighted by Crippen LogP contribution is 2.22. The van der Waals surface area contributed by atoms with E-state index in [1.54, 1.807) is 0 Å². The lowest BCUT2D eigenvalue weighted by Crippen LogP contribution is -2.18. The maximum Gasteiger partial charge on any atom is 0.0431 e. The van der Waals surface area contributed by atoms with Gasteiger partial charge in [0.2, 0.25) is 0 Å². The zero-order chi connectivity index (χ0) is 14.0. The zero-order valence-corrected chi connectivity index (χ0v) is 12.2. The largest absolute Gasteiger partial charge is 0.399 e. The molecule has 0 saturated carbocycles. The van der Waals surface area contributed by atoms with Gasteiger partial charge in [-0.25, -0.2) is 0 Å². The molecule has 0 aliphatic carbocycles. The van der Waals surface area contributed by atoms with Crippen LogP contribution in [-0.4, -0.2) is 7.05 Å². The molecule has 2 aromatic rings. The van der Waals surface area contributed by atoms with Crippen LogP contribution in [0, 0.1) is 20.8 Å². The fourth-order valence-electron chi connectivity index (χ4n) is 2.52. The number of aryl methyl sites for hydroxylation is 3. The second kappa shape index (κ2) is 5.35. The van der Waals surface area contributed by atoms with Gasteiger partial charge < -0.3 is 10.6 Å². The van der Waals surface area contributed by atoms with Gasteiger partial charge in [0.05, 0.1) is 0 Å². The lowest BCUT2D eigenvalue weighted by atomic mass is 9.99. The van der Waals surface area contributed by atoms with Crippen molar-refractivity contribution in [2.24, 2.45) is 0 Å². The third-order valence-electron chi connectivity index (χ3n) is 3.57. The van der Waals surface area contributed by atoms with Gasteiger partial charge in [-0.2, -0.15) is 0 Å². The Morgan fingerprint density at radius 3 is 2.00 bits per heavy atom. The smallest absolute Gasteiger partial charge is 0.0431 e. The van der Waals surface area contributed by atoms with E-state index in [1.165, 1.54) is 27.9 Å². The Morgan fingerprint density at radius 1 is 0.947 bits per heavy atom. The quantitative estimate of drug-likeness (QED) is 0.843. The SMILES string of the molecule is Cc1cc(C)c(CN(C)c2ccc(N)cc2)c(C)c1. The summed E-state index contributed by atoms with van der Waals surface area (Å²) in [5.41, 5.74) is 13.2. The van der Waals surface area contributed by atoms with Crippen LogP contribution in [0.25, 0.3) is 0 Å². The summed E-state index contributed by atoms with van der Waals surface area (Å²) in [5.74, 6) is 0. The van der Waals surface area contributed by atoms with Crippen molar-refractivity contribution in [3.05, 3.63) is 58.7 Å². The van der Waals surface area contributed by atoms with E-state index in [0.29, 0.717) is 0 Å². The highest BCUT2D eigenvalue weighted by molar-refractivity contribution is 5.53. The molecule has 2 N–H and O–H groups in total. The van der Waals surface area contributed by atoms with E-state index in [9.17, 15) is 0 Å². The molecule has 0 unspecified atom stereocenters. The van der Waals surface area contributed by atoms with Crippen molar-refractivity contribution in [3.63, 3.8) is 0 Å². The molecule has 0 saturated heterocycles. The van der Waals surface area contributed by atoms with Crippen LogP contribution in [0.4, 0.5) is 11.4 Å². The van der Waals surface area contributed by atoms with Crippen LogP contribution < -0.4 is 10.6 Å². The first-order chi connectivity index (χ1) is 8.97. The molecule has 0 spiro atoms. The van der Waals surface area contributed by atoms with Crippen LogP contribution in [-0.2, 0) is 6.54 Å². The number of hydrogen-bond donors (Lipinski definition) is 1. The minimum absolute atomic E-state index is 0.805. The van der Waals surface area contributed by atoms with Gasteiger partial charge >= 0.3 is 0 Å². The summed E-state index contributed by atoms with van der Waals surface area (Å²) in [4.78, 5) is 2.25. The van der Waals surface area contributed by atoms with Crippen LogP contribution in [0.3, 0.4) is 0 Å². The average molecular weight is 254 g/mol. The molecule has 0 aromatic heterocycles. The number of nitrogen functional groups attached to an aromatic ring is 1. The molecule has 0 heterocycles. The van der Waals surface area contributed by atoms with E-state index >= 15 is 0 Å². The molecular weight excluding hydrogens is 232 g/mol. The van der Waals surface area contributed by atoms with Crippen molar-refractivity contribution >= 4 is 11.4 Å². The predicted molar refractivity (Wildman–Crippen MR) is 83.6 cm³/mol. The van der Waals surface area contributed by atoms with Gasteiger partial charge in [0.1, 0.15) is 0 Å². The van der Waals surface area contributed by atoms with Crippen LogP contribution in [0.2, 0.25) is 0 Å². The molecule has 19 heavy (non-hydrogen) atoms. The van der Waals surface area contributed by atoms with Crippen molar-refractivity contribution in [1.82, 2.24) is 0 Å². The van der Waals surface area contributed by atoms with Crippen LogP contribution in [0.5, 0.6) is 0 Å². The molecular formula is C17H22N2. The monoisotopic (exact) mass is 254 g/mol. The Hall–Kier alpha value is -1.96. The van der Waals surface area contributed by atoms with Gasteiger partial charge in [-0.15, -0.1) is 0 Å². The molecule has 2 aromatic carbocycles. The number of anilines is 2. The number of nitrogens with zero attached hydrogens (tertiary/aromatic N) is 1. The first kappa shape index (κ1) is 13.5. The summed E-state index contributed by atoms with van der Waals surface area (Å²) in [7, 11) is 2.12. The van der Waals surface area contributed by atoms with Crippen molar-refractivity contribution < 1.29 is 0 Å². The standard InChI is InChI=1S/C17H22N2/c1-12-9-13(2)17(14(3)10-12)11-19(4)16-7-5-15(18)6-8-16/h5-10H,11,18H2,1-4H3. The Kier molecular flexibility index (Phi) is 3.79. The number of rotatable bonds is 3. The number of hydrogen-bond acceptors (Lipinski definition) is 2. The zero-order valence-electron chi connectivity index (χ0n) is 12.2. The fourth-order valence-corrected chi connectivity index (χ4v) is 2.52. The van der Waals surface area contributed by atoms with Gasteiger partial charge in [-0.1, -0.05) is 17.7 Å². The minimum atomic E-state index is 0.805. The predicted octanol–water partition coefficient (Wildman–Crippen LogP) is 3.83. The first-order valence-corrected chi connectivity index (χ1v) is 6.61. The molecule has 0 amide bonds. The van der Waals surface area contributed by atoms with E-state index < -0.39 is 0 Å². The molecule has 2 rings (SSSR count). The van der Waals surface area contributed by atoms with Gasteiger partial charge in [-0.05, 0) is 61.7 Å². The normalized spacial score (nSPS) is 10.5. The van der Waals surface area contributed by atoms with Crippen molar-refractivity contribution in [2.75, 3.05) is 17.7 Å². The Bertz CT molecular complexity index is 547. The second-order valence-corrected chi connectivity index (χ2v) is 5.32. The molecule has 0 bridgehead atoms. The summed E-state index contributed by atoms with van der Waals surface area (Å²) in [6, 6.07) is 12.5. The Labute approximate surface area is 115 Å². The molecule has 2 heteroatoms. The van der Waals surface area contributed by atoms with Gasteiger partial charge in [-0.3, -0.25) is 0 Å². The van der Waals surface area contributed by atoms with Gasteiger partial charge in [0, 0.05) is 25.0 Å². The Morgan fingerprint density at radius 2 is 1.47 bits per heavy atom. The van der Waals surface area contributed by atoms with E-state index in [1.807, 2.05) is 12.1 Å². The van der Waals surface area contributed by atoms with Crippen LogP contribution >= 0.6 is 0 Å². The highest BCUT2D eigenvalue weighted by atomic mass is 15.1.